The molecule has 0 radical (unpaired) electrons. The quantitative estimate of drug-likeness (QED) is 0.705. The number of carbonyl (C=O) groups is 1. The second-order valence-corrected chi connectivity index (χ2v) is 6.24. The highest BCUT2D eigenvalue weighted by molar-refractivity contribution is 6.15. The Kier molecular flexibility index (Phi) is 4.45. The molecule has 0 bridgehead atoms. The van der Waals surface area contributed by atoms with Crippen molar-refractivity contribution in [2.45, 2.75) is 12.7 Å². The van der Waals surface area contributed by atoms with Gasteiger partial charge in [0.15, 0.2) is 5.43 Å². The van der Waals surface area contributed by atoms with Gasteiger partial charge in [0, 0.05) is 35.6 Å². The molecule has 2 aromatic heterocycles. The van der Waals surface area contributed by atoms with Crippen molar-refractivity contribution in [3.8, 4) is 0 Å². The van der Waals surface area contributed by atoms with Crippen molar-refractivity contribution in [3.63, 3.8) is 0 Å². The second-order valence-electron chi connectivity index (χ2n) is 6.24. The Balaban J connectivity index is 1.75. The topological polar surface area (TPSA) is 100 Å². The van der Waals surface area contributed by atoms with Crippen LogP contribution in [0.3, 0.4) is 0 Å². The number of hydrogen-bond acceptors (Lipinski definition) is 5. The molecular formula is C19H12F3N5O2. The summed E-state index contributed by atoms with van der Waals surface area (Å²) in [5.74, 6) is -0.728. The average molecular weight is 399 g/mol. The van der Waals surface area contributed by atoms with Crippen molar-refractivity contribution in [1.29, 1.82) is 0 Å². The number of nitrogens with one attached hydrogen (secondary N) is 2. The van der Waals surface area contributed by atoms with Gasteiger partial charge in [0.25, 0.3) is 5.91 Å². The van der Waals surface area contributed by atoms with E-state index in [1.807, 2.05) is 0 Å². The summed E-state index contributed by atoms with van der Waals surface area (Å²) in [5, 5.41) is 2.34. The summed E-state index contributed by atoms with van der Waals surface area (Å²) in [6.45, 7) is 0.0278. The first-order chi connectivity index (χ1) is 13.8. The van der Waals surface area contributed by atoms with E-state index in [1.54, 1.807) is 6.07 Å². The lowest BCUT2D eigenvalue weighted by Gasteiger charge is -2.15. The van der Waals surface area contributed by atoms with Crippen molar-refractivity contribution < 1.29 is 18.0 Å². The maximum Gasteiger partial charge on any atom is 0.418 e. The summed E-state index contributed by atoms with van der Waals surface area (Å²) in [6.07, 6.45) is 0.875. The molecule has 146 valence electrons. The molecule has 0 fully saturated rings. The number of aromatic amines is 1. The van der Waals surface area contributed by atoms with Gasteiger partial charge < -0.3 is 10.3 Å². The molecule has 0 unspecified atom stereocenters. The monoisotopic (exact) mass is 399 g/mol. The van der Waals surface area contributed by atoms with Crippen LogP contribution in [0.4, 0.5) is 13.2 Å². The second kappa shape index (κ2) is 6.97. The minimum Gasteiger partial charge on any atom is -0.350 e. The molecular weight excluding hydrogens is 387 g/mol. The van der Waals surface area contributed by atoms with E-state index in [-0.39, 0.29) is 23.2 Å². The number of hydrogen-bond donors (Lipinski definition) is 2. The van der Waals surface area contributed by atoms with Crippen molar-refractivity contribution >= 4 is 28.6 Å². The van der Waals surface area contributed by atoms with Gasteiger partial charge >= 0.3 is 6.18 Å². The van der Waals surface area contributed by atoms with Gasteiger partial charge in [-0.3, -0.25) is 14.6 Å². The molecule has 7 nitrogen and oxygen atoms in total. The summed E-state index contributed by atoms with van der Waals surface area (Å²) < 4.78 is 40.9. The first-order valence-electron chi connectivity index (χ1n) is 8.38. The van der Waals surface area contributed by atoms with Gasteiger partial charge in [-0.05, 0) is 23.8 Å². The fourth-order valence-electron chi connectivity index (χ4n) is 2.85. The molecule has 3 heterocycles. The van der Waals surface area contributed by atoms with Crippen LogP contribution in [0.25, 0.3) is 16.5 Å². The van der Waals surface area contributed by atoms with E-state index in [0.29, 0.717) is 11.3 Å². The lowest BCUT2D eigenvalue weighted by atomic mass is 9.98. The van der Waals surface area contributed by atoms with Crippen molar-refractivity contribution in [2.75, 3.05) is 0 Å². The number of rotatable bonds is 4. The molecule has 1 aliphatic rings. The number of pyridine rings is 1. The van der Waals surface area contributed by atoms with E-state index in [0.717, 1.165) is 12.1 Å². The number of nitrogens with zero attached hydrogens (tertiary/aromatic N) is 3. The van der Waals surface area contributed by atoms with Gasteiger partial charge in [-0.15, -0.1) is 0 Å². The Bertz CT molecular complexity index is 1230. The maximum absolute atomic E-state index is 13.6. The number of fused-ring (bicyclic) bond motifs is 1. The van der Waals surface area contributed by atoms with Crippen LogP contribution < -0.4 is 10.7 Å². The minimum atomic E-state index is -4.73. The number of aromatic nitrogens is 3. The largest absolute Gasteiger partial charge is 0.418 e. The number of halogens is 3. The standard InChI is InChI=1S/C19H12F3N5O2/c20-19(21,22)14-4-10(11-6-24-7-11)3-13-16(28)5-15(27-17(13)14)18(29)25-8-12-1-2-23-9-26-12/h1-7,9H,8H2,(H,25,29)(H,27,28). The number of aliphatic imine (C=N–C) groups is 1. The van der Waals surface area contributed by atoms with Crippen LogP contribution in [0.15, 0.2) is 52.8 Å². The number of allylic oxidation sites excluding steroid dienone is 1. The van der Waals surface area contributed by atoms with E-state index in [1.165, 1.54) is 31.0 Å². The van der Waals surface area contributed by atoms with Gasteiger partial charge in [0.2, 0.25) is 0 Å². The number of alkyl halides is 3. The Labute approximate surface area is 161 Å². The van der Waals surface area contributed by atoms with Crippen molar-refractivity contribution in [3.05, 3.63) is 75.7 Å². The Morgan fingerprint density at radius 2 is 2.00 bits per heavy atom. The summed E-state index contributed by atoms with van der Waals surface area (Å²) >= 11 is 0. The van der Waals surface area contributed by atoms with Crippen molar-refractivity contribution in [1.82, 2.24) is 20.3 Å². The first-order valence-corrected chi connectivity index (χ1v) is 8.38. The van der Waals surface area contributed by atoms with Crippen LogP contribution in [0, 0.1) is 0 Å². The molecule has 1 aromatic carbocycles. The third-order valence-corrected chi connectivity index (χ3v) is 4.32. The van der Waals surface area contributed by atoms with Gasteiger partial charge in [-0.1, -0.05) is 0 Å². The number of carbonyl (C=O) groups excluding carboxylic acids is 1. The summed E-state index contributed by atoms with van der Waals surface area (Å²) in [4.78, 5) is 38.8. The van der Waals surface area contributed by atoms with Crippen LogP contribution in [0.1, 0.15) is 27.3 Å². The molecule has 0 aliphatic carbocycles. The fraction of sp³-hybridized carbons (Fsp3) is 0.105. The van der Waals surface area contributed by atoms with Crippen LogP contribution in [0.5, 0.6) is 0 Å². The number of H-pyrrole nitrogens is 1. The van der Waals surface area contributed by atoms with E-state index in [9.17, 15) is 22.8 Å². The first kappa shape index (κ1) is 18.5. The van der Waals surface area contributed by atoms with Gasteiger partial charge in [-0.25, -0.2) is 9.97 Å². The van der Waals surface area contributed by atoms with Crippen LogP contribution in [-0.4, -0.2) is 27.1 Å². The van der Waals surface area contributed by atoms with Gasteiger partial charge in [0.05, 0.1) is 23.3 Å². The third-order valence-electron chi connectivity index (χ3n) is 4.32. The molecule has 0 saturated carbocycles. The Morgan fingerprint density at radius 1 is 1.21 bits per heavy atom. The average Bonchev–Trinajstić information content (AvgIpc) is 2.64. The smallest absolute Gasteiger partial charge is 0.350 e. The molecule has 29 heavy (non-hydrogen) atoms. The highest BCUT2D eigenvalue weighted by atomic mass is 19.4. The Hall–Kier alpha value is -3.82. The fourth-order valence-corrected chi connectivity index (χ4v) is 2.85. The lowest BCUT2D eigenvalue weighted by Crippen LogP contribution is -2.26. The van der Waals surface area contributed by atoms with E-state index < -0.39 is 28.6 Å². The predicted octanol–water partition coefficient (Wildman–Crippen LogP) is 2.69. The minimum absolute atomic E-state index is 0.0278. The van der Waals surface area contributed by atoms with Crippen LogP contribution in [0.2, 0.25) is 0 Å². The highest BCUT2D eigenvalue weighted by Crippen LogP contribution is 2.36. The molecule has 1 amide bonds. The van der Waals surface area contributed by atoms with Crippen molar-refractivity contribution in [2.24, 2.45) is 4.99 Å². The molecule has 4 rings (SSSR count). The maximum atomic E-state index is 13.6. The molecule has 0 saturated heterocycles. The molecule has 3 aromatic rings. The normalized spacial score (nSPS) is 13.1. The number of benzene rings is 1. The summed E-state index contributed by atoms with van der Waals surface area (Å²) in [6, 6.07) is 4.83. The molecule has 2 N–H and O–H groups in total. The van der Waals surface area contributed by atoms with E-state index in [2.05, 4.69) is 25.3 Å². The molecule has 0 atom stereocenters. The van der Waals surface area contributed by atoms with Crippen LogP contribution in [-0.2, 0) is 12.7 Å². The van der Waals surface area contributed by atoms with Gasteiger partial charge in [-0.2, -0.15) is 13.2 Å². The lowest BCUT2D eigenvalue weighted by molar-refractivity contribution is -0.136. The van der Waals surface area contributed by atoms with E-state index >= 15 is 0 Å². The SMILES string of the molecule is O=C(NCc1ccncn1)c1cc(=O)c2cc(C3=CN=C3)cc(C(F)(F)F)c2[nH]1. The molecule has 1 aliphatic heterocycles. The predicted molar refractivity (Wildman–Crippen MR) is 99.2 cm³/mol. The molecule has 0 spiro atoms. The zero-order valence-corrected chi connectivity index (χ0v) is 14.6. The summed E-state index contributed by atoms with van der Waals surface area (Å²) in [5.41, 5.74) is -1.23. The van der Waals surface area contributed by atoms with Gasteiger partial charge in [0.1, 0.15) is 12.0 Å². The number of amides is 1. The third kappa shape index (κ3) is 3.64. The zero-order chi connectivity index (χ0) is 20.6. The molecule has 10 heteroatoms. The summed E-state index contributed by atoms with van der Waals surface area (Å²) in [7, 11) is 0. The van der Waals surface area contributed by atoms with Crippen LogP contribution >= 0.6 is 0 Å². The van der Waals surface area contributed by atoms with E-state index in [4.69, 9.17) is 0 Å². The highest BCUT2D eigenvalue weighted by Gasteiger charge is 2.34. The Morgan fingerprint density at radius 3 is 2.62 bits per heavy atom. The zero-order valence-electron chi connectivity index (χ0n) is 14.6.